The van der Waals surface area contributed by atoms with Crippen molar-refractivity contribution in [3.05, 3.63) is 11.9 Å². The molecule has 2 heterocycles. The lowest BCUT2D eigenvalue weighted by molar-refractivity contribution is 0.0690. The lowest BCUT2D eigenvalue weighted by Crippen LogP contribution is -2.31. The molecule has 0 bridgehead atoms. The molecular formula is C9H15ClN4O2. The zero-order chi connectivity index (χ0) is 10.8. The lowest BCUT2D eigenvalue weighted by Gasteiger charge is -2.28. The quantitative estimate of drug-likeness (QED) is 0.830. The maximum Gasteiger partial charge on any atom is 0.358 e. The van der Waals surface area contributed by atoms with Gasteiger partial charge in [-0.2, -0.15) is 0 Å². The van der Waals surface area contributed by atoms with Crippen LogP contribution in [0.4, 0.5) is 0 Å². The van der Waals surface area contributed by atoms with E-state index in [0.717, 1.165) is 25.9 Å². The summed E-state index contributed by atoms with van der Waals surface area (Å²) in [5.74, 6) is -1.02. The van der Waals surface area contributed by atoms with Crippen molar-refractivity contribution in [2.45, 2.75) is 18.9 Å². The molecule has 1 saturated heterocycles. The van der Waals surface area contributed by atoms with Crippen molar-refractivity contribution < 1.29 is 9.90 Å². The standard InChI is InChI=1S/C9H14N4O2.ClH/c1-12-4-2-7(3-5-12)13-6-8(9(14)15)10-11-13;/h6-7H,2-5H2,1H3,(H,14,15);1H. The number of aromatic nitrogens is 3. The van der Waals surface area contributed by atoms with E-state index in [0.29, 0.717) is 6.04 Å². The maximum atomic E-state index is 10.6. The van der Waals surface area contributed by atoms with Crippen LogP contribution in [0.3, 0.4) is 0 Å². The Morgan fingerprint density at radius 3 is 2.62 bits per heavy atom. The van der Waals surface area contributed by atoms with Crippen molar-refractivity contribution in [3.63, 3.8) is 0 Å². The molecule has 0 spiro atoms. The van der Waals surface area contributed by atoms with Crippen LogP contribution in [-0.2, 0) is 0 Å². The zero-order valence-electron chi connectivity index (χ0n) is 9.04. The molecule has 16 heavy (non-hydrogen) atoms. The smallest absolute Gasteiger partial charge is 0.358 e. The summed E-state index contributed by atoms with van der Waals surface area (Å²) in [4.78, 5) is 12.9. The van der Waals surface area contributed by atoms with Gasteiger partial charge in [0.25, 0.3) is 0 Å². The highest BCUT2D eigenvalue weighted by molar-refractivity contribution is 5.85. The van der Waals surface area contributed by atoms with Gasteiger partial charge in [0, 0.05) is 0 Å². The number of carbonyl (C=O) groups is 1. The van der Waals surface area contributed by atoms with Crippen LogP contribution in [0.5, 0.6) is 0 Å². The van der Waals surface area contributed by atoms with Gasteiger partial charge in [0.2, 0.25) is 0 Å². The van der Waals surface area contributed by atoms with Crippen LogP contribution in [0.25, 0.3) is 0 Å². The van der Waals surface area contributed by atoms with Gasteiger partial charge in [-0.25, -0.2) is 9.48 Å². The Kier molecular flexibility index (Phi) is 4.26. The van der Waals surface area contributed by atoms with Gasteiger partial charge in [-0.15, -0.1) is 17.5 Å². The van der Waals surface area contributed by atoms with E-state index in [9.17, 15) is 4.79 Å². The molecule has 1 N–H and O–H groups in total. The second-order valence-electron chi connectivity index (χ2n) is 3.92. The minimum Gasteiger partial charge on any atom is -0.476 e. The van der Waals surface area contributed by atoms with E-state index in [-0.39, 0.29) is 18.1 Å². The predicted octanol–water partition coefficient (Wildman–Crippen LogP) is 0.665. The summed E-state index contributed by atoms with van der Waals surface area (Å²) in [7, 11) is 2.08. The number of hydrogen-bond donors (Lipinski definition) is 1. The first-order valence-corrected chi connectivity index (χ1v) is 5.00. The van der Waals surface area contributed by atoms with E-state index >= 15 is 0 Å². The van der Waals surface area contributed by atoms with E-state index in [4.69, 9.17) is 5.11 Å². The van der Waals surface area contributed by atoms with Gasteiger partial charge >= 0.3 is 5.97 Å². The minimum absolute atomic E-state index is 0. The fourth-order valence-corrected chi connectivity index (χ4v) is 1.81. The first-order valence-electron chi connectivity index (χ1n) is 5.00. The molecule has 0 radical (unpaired) electrons. The number of halogens is 1. The Labute approximate surface area is 99.6 Å². The van der Waals surface area contributed by atoms with Crippen LogP contribution in [-0.4, -0.2) is 51.1 Å². The molecule has 2 rings (SSSR count). The topological polar surface area (TPSA) is 71.2 Å². The molecule has 1 aromatic rings. The third-order valence-electron chi connectivity index (χ3n) is 2.79. The number of nitrogens with zero attached hydrogens (tertiary/aromatic N) is 4. The molecule has 0 atom stereocenters. The molecule has 1 aromatic heterocycles. The van der Waals surface area contributed by atoms with Crippen molar-refractivity contribution in [1.29, 1.82) is 0 Å². The number of aromatic carboxylic acids is 1. The van der Waals surface area contributed by atoms with Crippen LogP contribution >= 0.6 is 12.4 Å². The molecule has 6 nitrogen and oxygen atoms in total. The fraction of sp³-hybridized carbons (Fsp3) is 0.667. The molecular weight excluding hydrogens is 232 g/mol. The van der Waals surface area contributed by atoms with E-state index in [1.807, 2.05) is 0 Å². The molecule has 0 aliphatic carbocycles. The van der Waals surface area contributed by atoms with Crippen molar-refractivity contribution in [2.24, 2.45) is 0 Å². The molecule has 0 unspecified atom stereocenters. The second-order valence-corrected chi connectivity index (χ2v) is 3.92. The van der Waals surface area contributed by atoms with Gasteiger partial charge in [0.1, 0.15) is 0 Å². The highest BCUT2D eigenvalue weighted by Crippen LogP contribution is 2.20. The number of carboxylic acids is 1. The van der Waals surface area contributed by atoms with Crippen LogP contribution in [0.1, 0.15) is 29.4 Å². The summed E-state index contributed by atoms with van der Waals surface area (Å²) >= 11 is 0. The monoisotopic (exact) mass is 246 g/mol. The van der Waals surface area contributed by atoms with Crippen molar-refractivity contribution in [2.75, 3.05) is 20.1 Å². The Bertz CT molecular complexity index is 360. The average molecular weight is 247 g/mol. The van der Waals surface area contributed by atoms with Crippen LogP contribution in [0.15, 0.2) is 6.20 Å². The highest BCUT2D eigenvalue weighted by Gasteiger charge is 2.20. The van der Waals surface area contributed by atoms with Gasteiger partial charge in [-0.1, -0.05) is 5.21 Å². The summed E-state index contributed by atoms with van der Waals surface area (Å²) in [6.07, 6.45) is 3.51. The van der Waals surface area contributed by atoms with Crippen LogP contribution in [0.2, 0.25) is 0 Å². The summed E-state index contributed by atoms with van der Waals surface area (Å²) in [6.45, 7) is 2.04. The van der Waals surface area contributed by atoms with E-state index in [1.165, 1.54) is 6.20 Å². The number of carboxylic acid groups (broad SMARTS) is 1. The van der Waals surface area contributed by atoms with E-state index in [1.54, 1.807) is 4.68 Å². The van der Waals surface area contributed by atoms with Gasteiger partial charge in [-0.3, -0.25) is 0 Å². The highest BCUT2D eigenvalue weighted by atomic mass is 35.5. The van der Waals surface area contributed by atoms with Crippen molar-refractivity contribution in [3.8, 4) is 0 Å². The molecule has 7 heteroatoms. The molecule has 0 saturated carbocycles. The molecule has 90 valence electrons. The number of likely N-dealkylation sites (tertiary alicyclic amines) is 1. The number of rotatable bonds is 2. The van der Waals surface area contributed by atoms with Crippen LogP contribution in [0, 0.1) is 0 Å². The first-order chi connectivity index (χ1) is 7.16. The van der Waals surface area contributed by atoms with E-state index < -0.39 is 5.97 Å². The van der Waals surface area contributed by atoms with Crippen LogP contribution < -0.4 is 0 Å². The summed E-state index contributed by atoms with van der Waals surface area (Å²) in [6, 6.07) is 0.293. The maximum absolute atomic E-state index is 10.6. The predicted molar refractivity (Wildman–Crippen MR) is 60.0 cm³/mol. The Hall–Kier alpha value is -1.14. The third kappa shape index (κ3) is 2.70. The van der Waals surface area contributed by atoms with Crippen molar-refractivity contribution >= 4 is 18.4 Å². The van der Waals surface area contributed by atoms with Gasteiger partial charge in [-0.05, 0) is 33.0 Å². The normalized spacial score (nSPS) is 18.1. The van der Waals surface area contributed by atoms with Crippen molar-refractivity contribution in [1.82, 2.24) is 19.9 Å². The second kappa shape index (κ2) is 5.27. The Balaban J connectivity index is 0.00000128. The zero-order valence-corrected chi connectivity index (χ0v) is 9.85. The Morgan fingerprint density at radius 1 is 1.50 bits per heavy atom. The molecule has 0 amide bonds. The minimum atomic E-state index is -1.02. The van der Waals surface area contributed by atoms with Gasteiger partial charge < -0.3 is 10.0 Å². The summed E-state index contributed by atoms with van der Waals surface area (Å²) in [5, 5.41) is 16.2. The first kappa shape index (κ1) is 12.9. The summed E-state index contributed by atoms with van der Waals surface area (Å²) in [5.41, 5.74) is 0.0222. The number of hydrogen-bond acceptors (Lipinski definition) is 4. The van der Waals surface area contributed by atoms with E-state index in [2.05, 4.69) is 22.3 Å². The largest absolute Gasteiger partial charge is 0.476 e. The fourth-order valence-electron chi connectivity index (χ4n) is 1.81. The summed E-state index contributed by atoms with van der Waals surface area (Å²) < 4.78 is 1.68. The Morgan fingerprint density at radius 2 is 2.12 bits per heavy atom. The van der Waals surface area contributed by atoms with Gasteiger partial charge in [0.05, 0.1) is 12.2 Å². The lowest BCUT2D eigenvalue weighted by atomic mass is 10.1. The SMILES string of the molecule is CN1CCC(n2cc(C(=O)O)nn2)CC1.Cl. The molecule has 1 aliphatic rings. The number of piperidine rings is 1. The average Bonchev–Trinajstić information content (AvgIpc) is 2.68. The third-order valence-corrected chi connectivity index (χ3v) is 2.79. The van der Waals surface area contributed by atoms with Gasteiger partial charge in [0.15, 0.2) is 5.69 Å². The molecule has 1 aliphatic heterocycles. The molecule has 1 fully saturated rings. The molecule has 0 aromatic carbocycles.